The van der Waals surface area contributed by atoms with Crippen LogP contribution in [0.2, 0.25) is 0 Å². The molecule has 0 heterocycles. The van der Waals surface area contributed by atoms with E-state index in [1.54, 1.807) is 13.8 Å². The van der Waals surface area contributed by atoms with Crippen LogP contribution in [-0.4, -0.2) is 17.9 Å². The van der Waals surface area contributed by atoms with Gasteiger partial charge in [0.1, 0.15) is 0 Å². The topological polar surface area (TPSA) is 69.2 Å². The van der Waals surface area contributed by atoms with Crippen LogP contribution < -0.4 is 40.0 Å². The van der Waals surface area contributed by atoms with Gasteiger partial charge in [0.15, 0.2) is 0 Å². The van der Waals surface area contributed by atoms with E-state index >= 15 is 0 Å². The van der Waals surface area contributed by atoms with E-state index in [0.717, 1.165) is 19.3 Å². The molecule has 0 aromatic carbocycles. The molecule has 0 fully saturated rings. The summed E-state index contributed by atoms with van der Waals surface area (Å²) in [6.07, 6.45) is 15.5. The standard InChI is InChI=1S/C20H39NO3.Na/c1-4-5-6-7-8-9-10-11-12-13-14-15-16-18(22)21-19(17(2)3)20(23)24;/h17,19H,4-16H2,1-3H3,(H,21,22)(H,23,24);/q;+1/p-1/t19-;/m0./s1. The third-order valence-corrected chi connectivity index (χ3v) is 4.49. The van der Waals surface area contributed by atoms with Crippen LogP contribution in [0.25, 0.3) is 0 Å². The fourth-order valence-corrected chi connectivity index (χ4v) is 2.87. The number of rotatable bonds is 16. The summed E-state index contributed by atoms with van der Waals surface area (Å²) in [4.78, 5) is 22.7. The Balaban J connectivity index is 0. The molecule has 0 aliphatic rings. The molecule has 0 saturated carbocycles. The van der Waals surface area contributed by atoms with Crippen molar-refractivity contribution in [1.82, 2.24) is 5.32 Å². The molecule has 5 heteroatoms. The van der Waals surface area contributed by atoms with E-state index in [4.69, 9.17) is 0 Å². The van der Waals surface area contributed by atoms with Crippen molar-refractivity contribution < 1.29 is 44.3 Å². The average molecular weight is 364 g/mol. The zero-order valence-corrected chi connectivity index (χ0v) is 19.1. The monoisotopic (exact) mass is 363 g/mol. The normalized spacial score (nSPS) is 11.8. The minimum absolute atomic E-state index is 0. The fourth-order valence-electron chi connectivity index (χ4n) is 2.87. The summed E-state index contributed by atoms with van der Waals surface area (Å²) in [7, 11) is 0. The van der Waals surface area contributed by atoms with E-state index in [-0.39, 0.29) is 41.4 Å². The maximum absolute atomic E-state index is 11.7. The second kappa shape index (κ2) is 18.7. The van der Waals surface area contributed by atoms with Gasteiger partial charge in [0.2, 0.25) is 5.91 Å². The van der Waals surface area contributed by atoms with Crippen molar-refractivity contribution in [2.75, 3.05) is 0 Å². The van der Waals surface area contributed by atoms with Crippen molar-refractivity contribution in [3.63, 3.8) is 0 Å². The first-order chi connectivity index (χ1) is 11.5. The number of carbonyl (C=O) groups is 2. The van der Waals surface area contributed by atoms with Crippen LogP contribution in [0.5, 0.6) is 0 Å². The largest absolute Gasteiger partial charge is 1.00 e. The second-order valence-electron chi connectivity index (χ2n) is 7.25. The van der Waals surface area contributed by atoms with E-state index in [2.05, 4.69) is 12.2 Å². The molecule has 142 valence electrons. The third kappa shape index (κ3) is 17.1. The van der Waals surface area contributed by atoms with Crippen molar-refractivity contribution in [2.24, 2.45) is 5.92 Å². The molecule has 0 bridgehead atoms. The molecule has 25 heavy (non-hydrogen) atoms. The Morgan fingerprint density at radius 3 is 1.56 bits per heavy atom. The van der Waals surface area contributed by atoms with Crippen molar-refractivity contribution in [3.8, 4) is 0 Å². The Labute approximate surface area is 177 Å². The second-order valence-corrected chi connectivity index (χ2v) is 7.25. The van der Waals surface area contributed by atoms with E-state index in [0.29, 0.717) is 6.42 Å². The summed E-state index contributed by atoms with van der Waals surface area (Å²) in [5.74, 6) is -1.53. The summed E-state index contributed by atoms with van der Waals surface area (Å²) in [6.45, 7) is 5.78. The van der Waals surface area contributed by atoms with Crippen molar-refractivity contribution >= 4 is 11.9 Å². The van der Waals surface area contributed by atoms with Gasteiger partial charge in [-0.15, -0.1) is 0 Å². The quantitative estimate of drug-likeness (QED) is 0.328. The number of aliphatic carboxylic acids is 1. The summed E-state index contributed by atoms with van der Waals surface area (Å²) >= 11 is 0. The first-order valence-electron chi connectivity index (χ1n) is 9.99. The van der Waals surface area contributed by atoms with Crippen molar-refractivity contribution in [2.45, 2.75) is 110 Å². The van der Waals surface area contributed by atoms with Gasteiger partial charge < -0.3 is 15.2 Å². The molecule has 0 aromatic rings. The van der Waals surface area contributed by atoms with Crippen LogP contribution in [0, 0.1) is 5.92 Å². The molecule has 0 aliphatic carbocycles. The molecule has 1 N–H and O–H groups in total. The van der Waals surface area contributed by atoms with Gasteiger partial charge in [-0.2, -0.15) is 0 Å². The molecular formula is C20H38NNaO3. The predicted octanol–water partition coefficient (Wildman–Crippen LogP) is 0.972. The molecule has 0 saturated heterocycles. The maximum Gasteiger partial charge on any atom is 1.00 e. The van der Waals surface area contributed by atoms with Gasteiger partial charge in [0.25, 0.3) is 0 Å². The van der Waals surface area contributed by atoms with Gasteiger partial charge in [-0.3, -0.25) is 4.79 Å². The smallest absolute Gasteiger partial charge is 0.548 e. The molecule has 1 amide bonds. The van der Waals surface area contributed by atoms with Gasteiger partial charge >= 0.3 is 29.6 Å². The molecule has 1 atom stereocenters. The zero-order chi connectivity index (χ0) is 18.2. The number of carboxylic acids is 1. The molecule has 0 aliphatic heterocycles. The summed E-state index contributed by atoms with van der Waals surface area (Å²) in [6, 6.07) is -0.880. The van der Waals surface area contributed by atoms with Crippen molar-refractivity contribution in [1.29, 1.82) is 0 Å². The van der Waals surface area contributed by atoms with E-state index < -0.39 is 12.0 Å². The van der Waals surface area contributed by atoms with Crippen LogP contribution >= 0.6 is 0 Å². The summed E-state index contributed by atoms with van der Waals surface area (Å²) in [5, 5.41) is 13.5. The average Bonchev–Trinajstić information content (AvgIpc) is 2.53. The van der Waals surface area contributed by atoms with Gasteiger partial charge in [0, 0.05) is 6.42 Å². The van der Waals surface area contributed by atoms with Gasteiger partial charge in [-0.25, -0.2) is 0 Å². The number of carboxylic acid groups (broad SMARTS) is 1. The molecule has 0 spiro atoms. The number of unbranched alkanes of at least 4 members (excludes halogenated alkanes) is 11. The van der Waals surface area contributed by atoms with Crippen LogP contribution in [-0.2, 0) is 9.59 Å². The Morgan fingerprint density at radius 1 is 0.800 bits per heavy atom. The molecule has 0 radical (unpaired) electrons. The van der Waals surface area contributed by atoms with Crippen molar-refractivity contribution in [3.05, 3.63) is 0 Å². The van der Waals surface area contributed by atoms with Gasteiger partial charge in [-0.1, -0.05) is 91.4 Å². The van der Waals surface area contributed by atoms with E-state index in [1.165, 1.54) is 57.8 Å². The molecular weight excluding hydrogens is 325 g/mol. The number of carbonyl (C=O) groups excluding carboxylic acids is 2. The predicted molar refractivity (Wildman–Crippen MR) is 97.5 cm³/mol. The van der Waals surface area contributed by atoms with Gasteiger partial charge in [-0.05, 0) is 12.3 Å². The SMILES string of the molecule is CCCCCCCCCCCCCCC(=O)N[C@H](C(=O)[O-])C(C)C.[Na+]. The Morgan fingerprint density at radius 2 is 1.20 bits per heavy atom. The van der Waals surface area contributed by atoms with E-state index in [9.17, 15) is 14.7 Å². The minimum Gasteiger partial charge on any atom is -0.548 e. The third-order valence-electron chi connectivity index (χ3n) is 4.49. The number of hydrogen-bond donors (Lipinski definition) is 1. The minimum atomic E-state index is -1.20. The molecule has 4 nitrogen and oxygen atoms in total. The van der Waals surface area contributed by atoms with Crippen LogP contribution in [0.1, 0.15) is 104 Å². The summed E-state index contributed by atoms with van der Waals surface area (Å²) in [5.41, 5.74) is 0. The number of amides is 1. The fraction of sp³-hybridized carbons (Fsp3) is 0.900. The Bertz CT molecular complexity index is 335. The molecule has 0 unspecified atom stereocenters. The first-order valence-corrected chi connectivity index (χ1v) is 9.99. The molecule has 0 aromatic heterocycles. The Hall–Kier alpha value is -0.0600. The van der Waals surface area contributed by atoms with Gasteiger partial charge in [0.05, 0.1) is 12.0 Å². The summed E-state index contributed by atoms with van der Waals surface area (Å²) < 4.78 is 0. The van der Waals surface area contributed by atoms with Crippen LogP contribution in [0.15, 0.2) is 0 Å². The zero-order valence-electron chi connectivity index (χ0n) is 17.1. The van der Waals surface area contributed by atoms with Crippen LogP contribution in [0.3, 0.4) is 0 Å². The molecule has 0 rings (SSSR count). The number of hydrogen-bond acceptors (Lipinski definition) is 3. The Kier molecular flexibility index (Phi) is 20.3. The maximum atomic E-state index is 11.7. The first kappa shape index (κ1) is 27.2. The van der Waals surface area contributed by atoms with E-state index in [1.807, 2.05) is 0 Å². The van der Waals surface area contributed by atoms with Crippen LogP contribution in [0.4, 0.5) is 0 Å². The number of nitrogens with one attached hydrogen (secondary N) is 1.